The minimum Gasteiger partial charge on any atom is -0.382 e. The summed E-state index contributed by atoms with van der Waals surface area (Å²) in [5, 5.41) is 18.9. The minimum atomic E-state index is -0.163. The Morgan fingerprint density at radius 1 is 1.10 bits per heavy atom. The summed E-state index contributed by atoms with van der Waals surface area (Å²) in [6.45, 7) is 0. The number of amidine groups is 1. The molecule has 0 bridgehead atoms. The van der Waals surface area contributed by atoms with E-state index < -0.39 is 0 Å². The molecule has 3 aromatic rings. The maximum atomic E-state index is 7.22. The lowest BCUT2D eigenvalue weighted by Crippen LogP contribution is -2.15. The van der Waals surface area contributed by atoms with E-state index in [1.165, 1.54) is 6.20 Å². The SMILES string of the molecule is N=C(N)c1cnc(Nc2cnc3ccccc3c2)nn1. The van der Waals surface area contributed by atoms with E-state index in [1.807, 2.05) is 30.3 Å². The number of pyridine rings is 1. The maximum Gasteiger partial charge on any atom is 0.247 e. The van der Waals surface area contributed by atoms with Crippen molar-refractivity contribution in [3.05, 3.63) is 48.4 Å². The van der Waals surface area contributed by atoms with Crippen molar-refractivity contribution in [3.63, 3.8) is 0 Å². The molecule has 0 radical (unpaired) electrons. The first-order chi connectivity index (χ1) is 9.72. The van der Waals surface area contributed by atoms with Crippen LogP contribution in [0.5, 0.6) is 0 Å². The minimum absolute atomic E-state index is 0.163. The fraction of sp³-hybridized carbons (Fsp3) is 0. The number of nitrogen functional groups attached to an aromatic ring is 1. The number of anilines is 2. The summed E-state index contributed by atoms with van der Waals surface area (Å²) in [4.78, 5) is 8.37. The molecule has 2 heterocycles. The van der Waals surface area contributed by atoms with Gasteiger partial charge in [-0.2, -0.15) is 0 Å². The van der Waals surface area contributed by atoms with E-state index in [0.29, 0.717) is 5.95 Å². The zero-order valence-corrected chi connectivity index (χ0v) is 10.4. The summed E-state index contributed by atoms with van der Waals surface area (Å²) in [7, 11) is 0. The van der Waals surface area contributed by atoms with Crippen LogP contribution in [-0.4, -0.2) is 26.0 Å². The summed E-state index contributed by atoms with van der Waals surface area (Å²) in [6, 6.07) is 9.76. The van der Waals surface area contributed by atoms with E-state index in [9.17, 15) is 0 Å². The first-order valence-electron chi connectivity index (χ1n) is 5.88. The molecule has 0 saturated heterocycles. The number of fused-ring (bicyclic) bond motifs is 1. The summed E-state index contributed by atoms with van der Waals surface area (Å²) in [5.74, 6) is 0.163. The molecule has 0 aliphatic heterocycles. The van der Waals surface area contributed by atoms with Gasteiger partial charge >= 0.3 is 0 Å². The van der Waals surface area contributed by atoms with Gasteiger partial charge in [0.1, 0.15) is 11.5 Å². The summed E-state index contributed by atoms with van der Waals surface area (Å²) >= 11 is 0. The van der Waals surface area contributed by atoms with Gasteiger partial charge < -0.3 is 11.1 Å². The van der Waals surface area contributed by atoms with Crippen LogP contribution >= 0.6 is 0 Å². The molecule has 0 atom stereocenters. The van der Waals surface area contributed by atoms with E-state index in [4.69, 9.17) is 11.1 Å². The lowest BCUT2D eigenvalue weighted by Gasteiger charge is -2.05. The van der Waals surface area contributed by atoms with Gasteiger partial charge in [0.15, 0.2) is 0 Å². The zero-order valence-electron chi connectivity index (χ0n) is 10.4. The molecule has 0 aliphatic rings. The van der Waals surface area contributed by atoms with Crippen molar-refractivity contribution in [2.75, 3.05) is 5.32 Å². The number of hydrogen-bond donors (Lipinski definition) is 3. The monoisotopic (exact) mass is 265 g/mol. The summed E-state index contributed by atoms with van der Waals surface area (Å²) < 4.78 is 0. The Kier molecular flexibility index (Phi) is 2.92. The number of benzene rings is 1. The van der Waals surface area contributed by atoms with Gasteiger partial charge in [-0.05, 0) is 12.1 Å². The molecule has 0 unspecified atom stereocenters. The Labute approximate surface area is 114 Å². The predicted octanol–water partition coefficient (Wildman–Crippen LogP) is 1.45. The van der Waals surface area contributed by atoms with Gasteiger partial charge in [-0.3, -0.25) is 10.4 Å². The molecule has 4 N–H and O–H groups in total. The number of nitrogens with zero attached hydrogens (tertiary/aromatic N) is 4. The molecule has 2 aromatic heterocycles. The molecule has 7 heteroatoms. The van der Waals surface area contributed by atoms with Gasteiger partial charge in [0.05, 0.1) is 23.6 Å². The highest BCUT2D eigenvalue weighted by molar-refractivity contribution is 5.92. The molecule has 1 aromatic carbocycles. The van der Waals surface area contributed by atoms with E-state index in [2.05, 4.69) is 25.5 Å². The largest absolute Gasteiger partial charge is 0.382 e. The van der Waals surface area contributed by atoms with Crippen LogP contribution in [0, 0.1) is 5.41 Å². The van der Waals surface area contributed by atoms with Gasteiger partial charge in [-0.15, -0.1) is 10.2 Å². The van der Waals surface area contributed by atoms with Crippen LogP contribution in [-0.2, 0) is 0 Å². The predicted molar refractivity (Wildman–Crippen MR) is 75.9 cm³/mol. The molecule has 3 rings (SSSR count). The molecule has 7 nitrogen and oxygen atoms in total. The van der Waals surface area contributed by atoms with Crippen LogP contribution in [0.2, 0.25) is 0 Å². The third kappa shape index (κ3) is 2.37. The van der Waals surface area contributed by atoms with Crippen molar-refractivity contribution in [2.24, 2.45) is 5.73 Å². The van der Waals surface area contributed by atoms with Gasteiger partial charge in [-0.25, -0.2) is 4.98 Å². The van der Waals surface area contributed by atoms with Crippen LogP contribution in [0.25, 0.3) is 10.9 Å². The second kappa shape index (κ2) is 4.88. The molecule has 0 fully saturated rings. The smallest absolute Gasteiger partial charge is 0.247 e. The van der Waals surface area contributed by atoms with Crippen molar-refractivity contribution in [2.45, 2.75) is 0 Å². The number of rotatable bonds is 3. The first-order valence-corrected chi connectivity index (χ1v) is 5.88. The molecular formula is C13H11N7. The van der Waals surface area contributed by atoms with Gasteiger partial charge in [-0.1, -0.05) is 18.2 Å². The van der Waals surface area contributed by atoms with Crippen LogP contribution in [0.15, 0.2) is 42.7 Å². The lowest BCUT2D eigenvalue weighted by atomic mass is 10.2. The average Bonchev–Trinajstić information content (AvgIpc) is 2.48. The Balaban J connectivity index is 1.87. The summed E-state index contributed by atoms with van der Waals surface area (Å²) in [5.41, 5.74) is 7.22. The highest BCUT2D eigenvalue weighted by Gasteiger charge is 2.03. The molecule has 98 valence electrons. The van der Waals surface area contributed by atoms with Crippen molar-refractivity contribution in [1.29, 1.82) is 5.41 Å². The Morgan fingerprint density at radius 3 is 2.70 bits per heavy atom. The van der Waals surface area contributed by atoms with Crippen molar-refractivity contribution >= 4 is 28.4 Å². The van der Waals surface area contributed by atoms with Crippen LogP contribution in [0.1, 0.15) is 5.69 Å². The highest BCUT2D eigenvalue weighted by atomic mass is 15.2. The normalized spacial score (nSPS) is 10.4. The Hall–Kier alpha value is -3.09. The average molecular weight is 265 g/mol. The third-order valence-electron chi connectivity index (χ3n) is 2.68. The van der Waals surface area contributed by atoms with Gasteiger partial charge in [0.25, 0.3) is 0 Å². The lowest BCUT2D eigenvalue weighted by molar-refractivity contribution is 0.961. The number of aromatic nitrogens is 4. The van der Waals surface area contributed by atoms with Gasteiger partial charge in [0, 0.05) is 5.39 Å². The standard InChI is InChI=1S/C13H11N7/c14-12(15)11-7-17-13(20-19-11)18-9-5-8-3-1-2-4-10(8)16-6-9/h1-7H,(H3,14,15)(H,17,18,20). The second-order valence-electron chi connectivity index (χ2n) is 4.12. The number of para-hydroxylation sites is 1. The van der Waals surface area contributed by atoms with Crippen molar-refractivity contribution < 1.29 is 0 Å². The fourth-order valence-electron chi connectivity index (χ4n) is 1.72. The van der Waals surface area contributed by atoms with E-state index in [0.717, 1.165) is 16.6 Å². The van der Waals surface area contributed by atoms with Crippen LogP contribution in [0.3, 0.4) is 0 Å². The van der Waals surface area contributed by atoms with E-state index in [-0.39, 0.29) is 11.5 Å². The summed E-state index contributed by atoms with van der Waals surface area (Å²) in [6.07, 6.45) is 3.09. The number of nitrogens with two attached hydrogens (primary N) is 1. The molecule has 0 saturated carbocycles. The molecule has 0 spiro atoms. The maximum absolute atomic E-state index is 7.22. The highest BCUT2D eigenvalue weighted by Crippen LogP contribution is 2.17. The quantitative estimate of drug-likeness (QED) is 0.488. The molecule has 0 amide bonds. The van der Waals surface area contributed by atoms with Crippen molar-refractivity contribution in [3.8, 4) is 0 Å². The van der Waals surface area contributed by atoms with Crippen molar-refractivity contribution in [1.82, 2.24) is 20.2 Å². The first kappa shape index (κ1) is 12.0. The van der Waals surface area contributed by atoms with E-state index >= 15 is 0 Å². The molecule has 20 heavy (non-hydrogen) atoms. The zero-order chi connectivity index (χ0) is 13.9. The van der Waals surface area contributed by atoms with Crippen LogP contribution in [0.4, 0.5) is 11.6 Å². The topological polar surface area (TPSA) is 113 Å². The van der Waals surface area contributed by atoms with Gasteiger partial charge in [0.2, 0.25) is 5.95 Å². The Morgan fingerprint density at radius 2 is 1.95 bits per heavy atom. The molecule has 0 aliphatic carbocycles. The van der Waals surface area contributed by atoms with E-state index in [1.54, 1.807) is 6.20 Å². The second-order valence-corrected chi connectivity index (χ2v) is 4.12. The number of hydrogen-bond acceptors (Lipinski definition) is 6. The fourth-order valence-corrected chi connectivity index (χ4v) is 1.72. The van der Waals surface area contributed by atoms with Crippen LogP contribution < -0.4 is 11.1 Å². The third-order valence-corrected chi connectivity index (χ3v) is 2.68. The Bertz CT molecular complexity index is 767. The number of nitrogens with one attached hydrogen (secondary N) is 2. The molecular weight excluding hydrogens is 254 g/mol.